The van der Waals surface area contributed by atoms with Crippen molar-refractivity contribution in [1.82, 2.24) is 4.57 Å². The molecule has 3 rings (SSSR count). The predicted molar refractivity (Wildman–Crippen MR) is 100 cm³/mol. The van der Waals surface area contributed by atoms with Gasteiger partial charge in [0.2, 0.25) is 0 Å². The lowest BCUT2D eigenvalue weighted by atomic mass is 10.0. The molecule has 1 amide bonds. The Kier molecular flexibility index (Phi) is 4.41. The van der Waals surface area contributed by atoms with Crippen molar-refractivity contribution in [2.45, 2.75) is 34.1 Å². The smallest absolute Gasteiger partial charge is 0.252 e. The molecule has 1 aromatic heterocycles. The first-order valence-corrected chi connectivity index (χ1v) is 8.88. The van der Waals surface area contributed by atoms with Gasteiger partial charge >= 0.3 is 0 Å². The Morgan fingerprint density at radius 2 is 1.75 bits per heavy atom. The lowest BCUT2D eigenvalue weighted by Crippen LogP contribution is -2.14. The molecule has 1 heterocycles. The topological polar surface area (TPSA) is 34.4 Å². The van der Waals surface area contributed by atoms with Crippen molar-refractivity contribution in [3.63, 3.8) is 0 Å². The highest BCUT2D eigenvalue weighted by molar-refractivity contribution is 7.16. The molecule has 0 saturated heterocycles. The van der Waals surface area contributed by atoms with Crippen molar-refractivity contribution >= 4 is 27.5 Å². The second kappa shape index (κ2) is 6.36. The van der Waals surface area contributed by atoms with Gasteiger partial charge in [-0.1, -0.05) is 35.6 Å². The van der Waals surface area contributed by atoms with Crippen molar-refractivity contribution < 1.29 is 4.79 Å². The molecule has 0 fully saturated rings. The SMILES string of the molecule is Cc1ccc(CC(=O)N=c2sc3ccc(C)c(C)c3n2C)cc1C. The molecule has 0 aliphatic carbocycles. The third-order valence-corrected chi connectivity index (χ3v) is 5.73. The van der Waals surface area contributed by atoms with Crippen LogP contribution in [0.3, 0.4) is 0 Å². The Bertz CT molecular complexity index is 1010. The first kappa shape index (κ1) is 16.7. The molecule has 0 bridgehead atoms. The van der Waals surface area contributed by atoms with E-state index in [-0.39, 0.29) is 5.91 Å². The highest BCUT2D eigenvalue weighted by atomic mass is 32.1. The van der Waals surface area contributed by atoms with E-state index in [4.69, 9.17) is 0 Å². The molecular formula is C20H22N2OS. The Balaban J connectivity index is 1.97. The zero-order valence-electron chi connectivity index (χ0n) is 14.8. The first-order chi connectivity index (χ1) is 11.4. The van der Waals surface area contributed by atoms with Gasteiger partial charge in [0.05, 0.1) is 16.6 Å². The van der Waals surface area contributed by atoms with Gasteiger partial charge in [-0.05, 0) is 61.6 Å². The number of benzene rings is 2. The molecule has 3 nitrogen and oxygen atoms in total. The fourth-order valence-corrected chi connectivity index (χ4v) is 3.97. The van der Waals surface area contributed by atoms with Crippen LogP contribution in [0.1, 0.15) is 27.8 Å². The predicted octanol–water partition coefficient (Wildman–Crippen LogP) is 4.14. The largest absolute Gasteiger partial charge is 0.319 e. The van der Waals surface area contributed by atoms with Crippen LogP contribution in [-0.4, -0.2) is 10.5 Å². The molecule has 0 unspecified atom stereocenters. The van der Waals surface area contributed by atoms with E-state index < -0.39 is 0 Å². The molecular weight excluding hydrogens is 316 g/mol. The van der Waals surface area contributed by atoms with Crippen molar-refractivity contribution in [1.29, 1.82) is 0 Å². The minimum atomic E-state index is -0.102. The molecule has 3 aromatic rings. The van der Waals surface area contributed by atoms with Gasteiger partial charge in [0.1, 0.15) is 0 Å². The van der Waals surface area contributed by atoms with Crippen molar-refractivity contribution in [3.8, 4) is 0 Å². The number of carbonyl (C=O) groups is 1. The van der Waals surface area contributed by atoms with E-state index in [1.54, 1.807) is 11.3 Å². The number of rotatable bonds is 2. The lowest BCUT2D eigenvalue weighted by Gasteiger charge is -2.04. The quantitative estimate of drug-likeness (QED) is 0.691. The molecule has 0 aliphatic heterocycles. The van der Waals surface area contributed by atoms with Gasteiger partial charge in [-0.15, -0.1) is 0 Å². The van der Waals surface area contributed by atoms with Gasteiger partial charge in [-0.3, -0.25) is 4.79 Å². The molecule has 0 radical (unpaired) electrons. The van der Waals surface area contributed by atoms with Crippen LogP contribution in [0.25, 0.3) is 10.2 Å². The molecule has 0 atom stereocenters. The minimum absolute atomic E-state index is 0.102. The van der Waals surface area contributed by atoms with Crippen molar-refractivity contribution in [3.05, 3.63) is 63.0 Å². The molecule has 0 aliphatic rings. The van der Waals surface area contributed by atoms with Crippen LogP contribution in [0.15, 0.2) is 35.3 Å². The van der Waals surface area contributed by atoms with Gasteiger partial charge < -0.3 is 4.57 Å². The molecule has 0 saturated carbocycles. The Morgan fingerprint density at radius 1 is 1.04 bits per heavy atom. The highest BCUT2D eigenvalue weighted by Gasteiger charge is 2.09. The lowest BCUT2D eigenvalue weighted by molar-refractivity contribution is -0.117. The number of hydrogen-bond acceptors (Lipinski definition) is 2. The van der Waals surface area contributed by atoms with Gasteiger partial charge in [-0.2, -0.15) is 4.99 Å². The average Bonchev–Trinajstić information content (AvgIpc) is 2.84. The normalized spacial score (nSPS) is 12.1. The maximum atomic E-state index is 12.4. The summed E-state index contributed by atoms with van der Waals surface area (Å²) in [5.41, 5.74) is 7.13. The number of nitrogens with zero attached hydrogens (tertiary/aromatic N) is 2. The summed E-state index contributed by atoms with van der Waals surface area (Å²) in [6.07, 6.45) is 0.341. The summed E-state index contributed by atoms with van der Waals surface area (Å²) in [4.78, 5) is 17.5. The highest BCUT2D eigenvalue weighted by Crippen LogP contribution is 2.23. The van der Waals surface area contributed by atoms with Crippen LogP contribution in [0.2, 0.25) is 0 Å². The standard InChI is InChI=1S/C20H22N2OS/c1-12-6-8-16(10-14(12)3)11-18(23)21-20-22(5)19-15(4)13(2)7-9-17(19)24-20/h6-10H,11H2,1-5H3. The monoisotopic (exact) mass is 338 g/mol. The number of fused-ring (bicyclic) bond motifs is 1. The number of thiazole rings is 1. The fraction of sp³-hybridized carbons (Fsp3) is 0.300. The Hall–Kier alpha value is -2.20. The Labute approximate surface area is 146 Å². The number of carbonyl (C=O) groups excluding carboxylic acids is 1. The molecule has 124 valence electrons. The van der Waals surface area contributed by atoms with E-state index in [0.717, 1.165) is 15.9 Å². The maximum absolute atomic E-state index is 12.4. The van der Waals surface area contributed by atoms with Crippen molar-refractivity contribution in [2.75, 3.05) is 0 Å². The van der Waals surface area contributed by atoms with Crippen LogP contribution in [0.4, 0.5) is 0 Å². The molecule has 2 aromatic carbocycles. The number of hydrogen-bond donors (Lipinski definition) is 0. The third kappa shape index (κ3) is 3.06. The summed E-state index contributed by atoms with van der Waals surface area (Å²) >= 11 is 1.57. The molecule has 24 heavy (non-hydrogen) atoms. The zero-order chi connectivity index (χ0) is 17.4. The van der Waals surface area contributed by atoms with Crippen LogP contribution < -0.4 is 4.80 Å². The first-order valence-electron chi connectivity index (χ1n) is 8.06. The van der Waals surface area contributed by atoms with Gasteiger partial charge in [0.25, 0.3) is 5.91 Å². The number of aryl methyl sites for hydroxylation is 5. The van der Waals surface area contributed by atoms with E-state index in [2.05, 4.69) is 57.0 Å². The third-order valence-electron chi connectivity index (χ3n) is 4.64. The molecule has 4 heteroatoms. The fourth-order valence-electron chi connectivity index (χ4n) is 2.87. The van der Waals surface area contributed by atoms with Crippen LogP contribution in [0.5, 0.6) is 0 Å². The van der Waals surface area contributed by atoms with Crippen LogP contribution in [-0.2, 0) is 18.3 Å². The van der Waals surface area contributed by atoms with Gasteiger partial charge in [0.15, 0.2) is 4.80 Å². The second-order valence-electron chi connectivity index (χ2n) is 6.40. The summed E-state index contributed by atoms with van der Waals surface area (Å²) in [7, 11) is 1.98. The van der Waals surface area contributed by atoms with Crippen LogP contribution in [0, 0.1) is 27.7 Å². The molecule has 0 spiro atoms. The van der Waals surface area contributed by atoms with Crippen molar-refractivity contribution in [2.24, 2.45) is 12.0 Å². The summed E-state index contributed by atoms with van der Waals surface area (Å²) in [5.74, 6) is -0.102. The van der Waals surface area contributed by atoms with Crippen LogP contribution >= 0.6 is 11.3 Å². The summed E-state index contributed by atoms with van der Waals surface area (Å²) < 4.78 is 3.19. The Morgan fingerprint density at radius 3 is 2.46 bits per heavy atom. The van der Waals surface area contributed by atoms with Gasteiger partial charge in [0, 0.05) is 7.05 Å². The summed E-state index contributed by atoms with van der Waals surface area (Å²) in [6.45, 7) is 8.36. The molecule has 0 N–H and O–H groups in total. The number of amides is 1. The van der Waals surface area contributed by atoms with E-state index in [0.29, 0.717) is 6.42 Å². The minimum Gasteiger partial charge on any atom is -0.319 e. The van der Waals surface area contributed by atoms with E-state index in [9.17, 15) is 4.79 Å². The second-order valence-corrected chi connectivity index (χ2v) is 7.41. The maximum Gasteiger partial charge on any atom is 0.252 e. The number of aromatic nitrogens is 1. The van der Waals surface area contributed by atoms with E-state index in [1.165, 1.54) is 27.0 Å². The zero-order valence-corrected chi connectivity index (χ0v) is 15.6. The average molecular weight is 338 g/mol. The van der Waals surface area contributed by atoms with Gasteiger partial charge in [-0.25, -0.2) is 0 Å². The summed E-state index contributed by atoms with van der Waals surface area (Å²) in [6, 6.07) is 10.4. The van der Waals surface area contributed by atoms with E-state index >= 15 is 0 Å². The van der Waals surface area contributed by atoms with E-state index in [1.807, 2.05) is 17.7 Å². The summed E-state index contributed by atoms with van der Waals surface area (Å²) in [5, 5.41) is 0.